The molecule has 0 aromatic rings. The van der Waals surface area contributed by atoms with Crippen LogP contribution in [0.15, 0.2) is 0 Å². The molecule has 0 heterocycles. The molecule has 2 nitrogen and oxygen atoms in total. The normalized spacial score (nSPS) is 19.0. The van der Waals surface area contributed by atoms with Gasteiger partial charge in [0.1, 0.15) is 6.10 Å². The molecule has 1 rings (SSSR count). The maximum atomic E-state index is 9.84. The molecule has 0 spiro atoms. The second-order valence-electron chi connectivity index (χ2n) is 1.55. The van der Waals surface area contributed by atoms with Crippen LogP contribution in [-0.4, -0.2) is 11.5 Å². The summed E-state index contributed by atoms with van der Waals surface area (Å²) >= 11 is 4.85. The molecule has 0 aromatic heterocycles. The SMILES string of the molecule is O=C(Cl)OC1CC1. The van der Waals surface area contributed by atoms with E-state index in [9.17, 15) is 4.79 Å². The number of carbonyl (C=O) groups excluding carboxylic acids is 1. The smallest absolute Gasteiger partial charge is 0.404 e. The van der Waals surface area contributed by atoms with Crippen LogP contribution in [0.1, 0.15) is 12.8 Å². The summed E-state index contributed by atoms with van der Waals surface area (Å²) in [6.45, 7) is 0. The molecule has 3 heteroatoms. The second kappa shape index (κ2) is 1.70. The van der Waals surface area contributed by atoms with Gasteiger partial charge < -0.3 is 4.74 Å². The van der Waals surface area contributed by atoms with Gasteiger partial charge in [0.2, 0.25) is 0 Å². The summed E-state index contributed by atoms with van der Waals surface area (Å²) in [6, 6.07) is 0. The number of ether oxygens (including phenoxy) is 1. The number of carbonyl (C=O) groups is 1. The van der Waals surface area contributed by atoms with Crippen LogP contribution < -0.4 is 0 Å². The molecule has 0 atom stereocenters. The van der Waals surface area contributed by atoms with Crippen LogP contribution >= 0.6 is 11.6 Å². The van der Waals surface area contributed by atoms with Crippen molar-refractivity contribution in [2.45, 2.75) is 18.9 Å². The zero-order chi connectivity index (χ0) is 5.28. The molecule has 0 unspecified atom stereocenters. The van der Waals surface area contributed by atoms with Crippen molar-refractivity contribution in [3.05, 3.63) is 0 Å². The van der Waals surface area contributed by atoms with Crippen LogP contribution in [0.2, 0.25) is 0 Å². The van der Waals surface area contributed by atoms with Crippen molar-refractivity contribution in [3.63, 3.8) is 0 Å². The number of hydrogen-bond acceptors (Lipinski definition) is 2. The lowest BCUT2D eigenvalue weighted by Crippen LogP contribution is -1.93. The fraction of sp³-hybridized carbons (Fsp3) is 0.750. The molecule has 7 heavy (non-hydrogen) atoms. The van der Waals surface area contributed by atoms with Crippen molar-refractivity contribution in [2.24, 2.45) is 0 Å². The van der Waals surface area contributed by atoms with E-state index in [1.54, 1.807) is 0 Å². The molecule has 1 aliphatic carbocycles. The molecule has 0 amide bonds. The quantitative estimate of drug-likeness (QED) is 0.491. The van der Waals surface area contributed by atoms with Crippen molar-refractivity contribution >= 4 is 17.0 Å². The number of rotatable bonds is 1. The minimum Gasteiger partial charge on any atom is -0.450 e. The van der Waals surface area contributed by atoms with Gasteiger partial charge >= 0.3 is 5.43 Å². The Bertz CT molecular complexity index is 87.7. The summed E-state index contributed by atoms with van der Waals surface area (Å²) in [4.78, 5) is 9.84. The van der Waals surface area contributed by atoms with Crippen molar-refractivity contribution in [3.8, 4) is 0 Å². The standard InChI is InChI=1S/C4H5ClO2/c5-4(6)7-3-1-2-3/h3H,1-2H2. The van der Waals surface area contributed by atoms with E-state index in [-0.39, 0.29) is 6.10 Å². The molecular formula is C4H5ClO2. The molecule has 1 saturated carbocycles. The van der Waals surface area contributed by atoms with Crippen LogP contribution in [0.5, 0.6) is 0 Å². The van der Waals surface area contributed by atoms with E-state index in [0.717, 1.165) is 12.8 Å². The Morgan fingerprint density at radius 3 is 2.43 bits per heavy atom. The molecule has 0 saturated heterocycles. The third-order valence-corrected chi connectivity index (χ3v) is 0.873. The average Bonchev–Trinajstić information content (AvgIpc) is 2.17. The van der Waals surface area contributed by atoms with Crippen molar-refractivity contribution in [1.82, 2.24) is 0 Å². The minimum atomic E-state index is -0.678. The Balaban J connectivity index is 2.08. The Hall–Kier alpha value is -0.240. The highest BCUT2D eigenvalue weighted by atomic mass is 35.5. The van der Waals surface area contributed by atoms with Gasteiger partial charge in [0, 0.05) is 11.6 Å². The van der Waals surface area contributed by atoms with Gasteiger partial charge in [-0.25, -0.2) is 4.79 Å². The first-order valence-electron chi connectivity index (χ1n) is 2.15. The largest absolute Gasteiger partial charge is 0.450 e. The topological polar surface area (TPSA) is 26.3 Å². The van der Waals surface area contributed by atoms with E-state index >= 15 is 0 Å². The summed E-state index contributed by atoms with van der Waals surface area (Å²) in [6.07, 6.45) is 2.11. The van der Waals surface area contributed by atoms with E-state index in [4.69, 9.17) is 11.6 Å². The van der Waals surface area contributed by atoms with Crippen LogP contribution in [0.3, 0.4) is 0 Å². The highest BCUT2D eigenvalue weighted by molar-refractivity contribution is 6.61. The lowest BCUT2D eigenvalue weighted by atomic mass is 10.8. The van der Waals surface area contributed by atoms with Gasteiger partial charge in [-0.3, -0.25) is 0 Å². The zero-order valence-corrected chi connectivity index (χ0v) is 4.44. The van der Waals surface area contributed by atoms with E-state index in [1.165, 1.54) is 0 Å². The highest BCUT2D eigenvalue weighted by Crippen LogP contribution is 2.23. The molecule has 1 fully saturated rings. The van der Waals surface area contributed by atoms with Crippen LogP contribution in [0.4, 0.5) is 4.79 Å². The molecule has 0 N–H and O–H groups in total. The van der Waals surface area contributed by atoms with Gasteiger partial charge in [-0.05, 0) is 12.8 Å². The minimum absolute atomic E-state index is 0.144. The first kappa shape index (κ1) is 4.91. The summed E-state index contributed by atoms with van der Waals surface area (Å²) in [7, 11) is 0. The van der Waals surface area contributed by atoms with E-state index in [0.29, 0.717) is 0 Å². The summed E-state index contributed by atoms with van der Waals surface area (Å²) < 4.78 is 4.49. The molecule has 0 aliphatic heterocycles. The Morgan fingerprint density at radius 1 is 1.71 bits per heavy atom. The Morgan fingerprint density at radius 2 is 2.29 bits per heavy atom. The van der Waals surface area contributed by atoms with Gasteiger partial charge in [-0.15, -0.1) is 0 Å². The van der Waals surface area contributed by atoms with Crippen molar-refractivity contribution in [2.75, 3.05) is 0 Å². The zero-order valence-electron chi connectivity index (χ0n) is 3.69. The predicted molar refractivity (Wildman–Crippen MR) is 25.4 cm³/mol. The third kappa shape index (κ3) is 1.78. The summed E-state index contributed by atoms with van der Waals surface area (Å²) in [5, 5.41) is 0. The molecule has 0 aromatic carbocycles. The van der Waals surface area contributed by atoms with Crippen LogP contribution in [0.25, 0.3) is 0 Å². The maximum Gasteiger partial charge on any atom is 0.404 e. The summed E-state index contributed by atoms with van der Waals surface area (Å²) in [5.41, 5.74) is -0.678. The molecule has 1 aliphatic rings. The Labute approximate surface area is 46.4 Å². The number of halogens is 1. The molecule has 0 bridgehead atoms. The molecular weight excluding hydrogens is 115 g/mol. The lowest BCUT2D eigenvalue weighted by Gasteiger charge is -1.89. The fourth-order valence-electron chi connectivity index (χ4n) is 0.317. The van der Waals surface area contributed by atoms with Gasteiger partial charge in [0.05, 0.1) is 0 Å². The molecule has 40 valence electrons. The monoisotopic (exact) mass is 120 g/mol. The van der Waals surface area contributed by atoms with Crippen molar-refractivity contribution in [1.29, 1.82) is 0 Å². The first-order valence-corrected chi connectivity index (χ1v) is 2.53. The second-order valence-corrected chi connectivity index (χ2v) is 1.86. The molecule has 0 radical (unpaired) electrons. The van der Waals surface area contributed by atoms with E-state index < -0.39 is 5.43 Å². The van der Waals surface area contributed by atoms with Crippen LogP contribution in [0, 0.1) is 0 Å². The predicted octanol–water partition coefficient (Wildman–Crippen LogP) is 1.52. The fourth-order valence-corrected chi connectivity index (χ4v) is 0.443. The third-order valence-electron chi connectivity index (χ3n) is 0.784. The Kier molecular flexibility index (Phi) is 1.19. The van der Waals surface area contributed by atoms with Gasteiger partial charge in [0.15, 0.2) is 0 Å². The van der Waals surface area contributed by atoms with E-state index in [1.807, 2.05) is 0 Å². The van der Waals surface area contributed by atoms with E-state index in [2.05, 4.69) is 4.74 Å². The highest BCUT2D eigenvalue weighted by Gasteiger charge is 2.24. The van der Waals surface area contributed by atoms with Gasteiger partial charge in [0.25, 0.3) is 0 Å². The summed E-state index contributed by atoms with van der Waals surface area (Å²) in [5.74, 6) is 0. The van der Waals surface area contributed by atoms with Crippen LogP contribution in [-0.2, 0) is 4.74 Å². The lowest BCUT2D eigenvalue weighted by molar-refractivity contribution is 0.166. The maximum absolute atomic E-state index is 9.84. The first-order chi connectivity index (χ1) is 3.29. The number of hydrogen-bond donors (Lipinski definition) is 0. The average molecular weight is 121 g/mol. The van der Waals surface area contributed by atoms with Gasteiger partial charge in [-0.2, -0.15) is 0 Å². The van der Waals surface area contributed by atoms with Crippen molar-refractivity contribution < 1.29 is 9.53 Å². The van der Waals surface area contributed by atoms with Gasteiger partial charge in [-0.1, -0.05) is 0 Å².